The third-order valence-electron chi connectivity index (χ3n) is 2.23. The van der Waals surface area contributed by atoms with E-state index in [1.54, 1.807) is 10.9 Å². The maximum atomic E-state index is 10.6. The highest BCUT2D eigenvalue weighted by atomic mass is 35.5. The van der Waals surface area contributed by atoms with E-state index in [-0.39, 0.29) is 10.8 Å². The molecule has 0 radical (unpaired) electrons. The lowest BCUT2D eigenvalue weighted by molar-refractivity contribution is -0.389. The molecule has 8 heteroatoms. The van der Waals surface area contributed by atoms with E-state index in [1.807, 2.05) is 13.1 Å². The molecule has 0 aliphatic heterocycles. The first-order chi connectivity index (χ1) is 8.10. The highest BCUT2D eigenvalue weighted by Crippen LogP contribution is 2.21. The van der Waals surface area contributed by atoms with E-state index in [9.17, 15) is 10.1 Å². The molecule has 0 aliphatic rings. The topological polar surface area (TPSA) is 78.8 Å². The fraction of sp³-hybridized carbons (Fsp3) is 0.333. The number of halogens is 1. The summed E-state index contributed by atoms with van der Waals surface area (Å²) in [6, 6.07) is 0. The molecule has 0 bridgehead atoms. The smallest absolute Gasteiger partial charge is 0.358 e. The predicted molar refractivity (Wildman–Crippen MR) is 60.9 cm³/mol. The van der Waals surface area contributed by atoms with Gasteiger partial charge >= 0.3 is 5.82 Å². The highest BCUT2D eigenvalue weighted by Gasteiger charge is 2.19. The summed E-state index contributed by atoms with van der Waals surface area (Å²) in [6.07, 6.45) is 5.00. The fourth-order valence-corrected chi connectivity index (χ4v) is 1.66. The molecule has 2 aromatic rings. The maximum absolute atomic E-state index is 10.6. The third kappa shape index (κ3) is 2.44. The largest absolute Gasteiger partial charge is 0.408 e. The second kappa shape index (κ2) is 4.54. The minimum absolute atomic E-state index is 0.0397. The molecule has 2 heterocycles. The van der Waals surface area contributed by atoms with Crippen molar-refractivity contribution in [3.63, 3.8) is 0 Å². The van der Waals surface area contributed by atoms with Crippen LogP contribution in [-0.2, 0) is 13.1 Å². The summed E-state index contributed by atoms with van der Waals surface area (Å²) in [5.74, 6) is -0.324. The van der Waals surface area contributed by atoms with Crippen LogP contribution in [0, 0.1) is 10.1 Å². The molecule has 0 aliphatic carbocycles. The number of aromatic nitrogens is 4. The third-order valence-corrected chi connectivity index (χ3v) is 2.49. The molecule has 2 aromatic heterocycles. The predicted octanol–water partition coefficient (Wildman–Crippen LogP) is 1.71. The number of nitrogens with zero attached hydrogens (tertiary/aromatic N) is 5. The van der Waals surface area contributed by atoms with Gasteiger partial charge < -0.3 is 10.1 Å². The summed E-state index contributed by atoms with van der Waals surface area (Å²) in [5, 5.41) is 18.5. The van der Waals surface area contributed by atoms with Crippen LogP contribution in [0.1, 0.15) is 12.5 Å². The van der Waals surface area contributed by atoms with Crippen molar-refractivity contribution in [1.29, 1.82) is 0 Å². The van der Waals surface area contributed by atoms with Crippen LogP contribution in [-0.4, -0.2) is 24.5 Å². The number of aryl methyl sites for hydroxylation is 1. The molecule has 0 saturated carbocycles. The van der Waals surface area contributed by atoms with Gasteiger partial charge in [-0.3, -0.25) is 4.68 Å². The Kier molecular flexibility index (Phi) is 3.10. The molecule has 17 heavy (non-hydrogen) atoms. The Bertz CT molecular complexity index is 547. The lowest BCUT2D eigenvalue weighted by atomic mass is 10.4. The van der Waals surface area contributed by atoms with E-state index in [1.165, 1.54) is 10.9 Å². The minimum Gasteiger partial charge on any atom is -0.358 e. The Hall–Kier alpha value is -1.89. The summed E-state index contributed by atoms with van der Waals surface area (Å²) in [6.45, 7) is 3.17. The second-order valence-corrected chi connectivity index (χ2v) is 3.87. The molecule has 7 nitrogen and oxygen atoms in total. The monoisotopic (exact) mass is 255 g/mol. The van der Waals surface area contributed by atoms with Crippen molar-refractivity contribution in [1.82, 2.24) is 19.6 Å². The molecule has 0 aromatic carbocycles. The lowest BCUT2D eigenvalue weighted by Gasteiger charge is -1.92. The van der Waals surface area contributed by atoms with Gasteiger partial charge in [-0.15, -0.1) is 0 Å². The van der Waals surface area contributed by atoms with E-state index in [4.69, 9.17) is 11.6 Å². The summed E-state index contributed by atoms with van der Waals surface area (Å²) in [4.78, 5) is 9.96. The average molecular weight is 256 g/mol. The van der Waals surface area contributed by atoms with Gasteiger partial charge in [0.25, 0.3) is 0 Å². The van der Waals surface area contributed by atoms with Crippen molar-refractivity contribution in [3.05, 3.63) is 39.3 Å². The molecular formula is C9H10ClN5O2. The van der Waals surface area contributed by atoms with E-state index < -0.39 is 4.92 Å². The van der Waals surface area contributed by atoms with Gasteiger partial charge in [0.05, 0.1) is 24.0 Å². The van der Waals surface area contributed by atoms with Gasteiger partial charge in [-0.05, 0) is 11.8 Å². The molecule has 2 rings (SSSR count). The number of nitro groups is 1. The Morgan fingerprint density at radius 2 is 2.24 bits per heavy atom. The lowest BCUT2D eigenvalue weighted by Crippen LogP contribution is -2.00. The van der Waals surface area contributed by atoms with E-state index in [2.05, 4.69) is 10.2 Å². The van der Waals surface area contributed by atoms with Crippen molar-refractivity contribution < 1.29 is 4.92 Å². The SMILES string of the molecule is CCn1cc(Cn2cc(Cl)c([N+](=O)[O-])n2)cn1. The zero-order valence-corrected chi connectivity index (χ0v) is 9.83. The summed E-state index contributed by atoms with van der Waals surface area (Å²) in [7, 11) is 0. The normalized spacial score (nSPS) is 10.7. The van der Waals surface area contributed by atoms with Gasteiger partial charge in [0.1, 0.15) is 0 Å². The molecule has 0 fully saturated rings. The Labute approximate surface area is 102 Å². The zero-order chi connectivity index (χ0) is 12.4. The van der Waals surface area contributed by atoms with Crippen LogP contribution >= 0.6 is 11.6 Å². The Morgan fingerprint density at radius 3 is 2.76 bits per heavy atom. The first-order valence-electron chi connectivity index (χ1n) is 4.99. The Morgan fingerprint density at radius 1 is 1.47 bits per heavy atom. The summed E-state index contributed by atoms with van der Waals surface area (Å²) in [5.41, 5.74) is 0.918. The average Bonchev–Trinajstić information content (AvgIpc) is 2.85. The van der Waals surface area contributed by atoms with Crippen molar-refractivity contribution in [3.8, 4) is 0 Å². The molecule has 0 atom stereocenters. The number of rotatable bonds is 4. The zero-order valence-electron chi connectivity index (χ0n) is 9.08. The second-order valence-electron chi connectivity index (χ2n) is 3.46. The van der Waals surface area contributed by atoms with Crippen molar-refractivity contribution >= 4 is 17.4 Å². The van der Waals surface area contributed by atoms with E-state index in [0.717, 1.165) is 12.1 Å². The number of hydrogen-bond donors (Lipinski definition) is 0. The van der Waals surface area contributed by atoms with Crippen LogP contribution in [0.5, 0.6) is 0 Å². The first-order valence-corrected chi connectivity index (χ1v) is 5.36. The van der Waals surface area contributed by atoms with Crippen LogP contribution in [0.2, 0.25) is 5.02 Å². The van der Waals surface area contributed by atoms with Crippen molar-refractivity contribution in [2.75, 3.05) is 0 Å². The minimum atomic E-state index is -0.603. The standard InChI is InChI=1S/C9H10ClN5O2/c1-2-13-4-7(3-11-13)5-14-6-8(10)9(12-14)15(16)17/h3-4,6H,2,5H2,1H3. The van der Waals surface area contributed by atoms with Crippen LogP contribution in [0.3, 0.4) is 0 Å². The van der Waals surface area contributed by atoms with Gasteiger partial charge in [-0.2, -0.15) is 9.78 Å². The molecule has 90 valence electrons. The van der Waals surface area contributed by atoms with Gasteiger partial charge in [0, 0.05) is 18.3 Å². The van der Waals surface area contributed by atoms with Crippen LogP contribution < -0.4 is 0 Å². The van der Waals surface area contributed by atoms with Gasteiger partial charge in [-0.25, -0.2) is 0 Å². The van der Waals surface area contributed by atoms with Gasteiger partial charge in [-0.1, -0.05) is 11.6 Å². The molecule has 0 amide bonds. The molecule has 0 N–H and O–H groups in total. The van der Waals surface area contributed by atoms with E-state index >= 15 is 0 Å². The first kappa shape index (κ1) is 11.6. The number of hydrogen-bond acceptors (Lipinski definition) is 4. The maximum Gasteiger partial charge on any atom is 0.408 e. The fourth-order valence-electron chi connectivity index (χ4n) is 1.44. The highest BCUT2D eigenvalue weighted by molar-refractivity contribution is 6.32. The van der Waals surface area contributed by atoms with E-state index in [0.29, 0.717) is 6.54 Å². The molecular weight excluding hydrogens is 246 g/mol. The molecule has 0 unspecified atom stereocenters. The summed E-state index contributed by atoms with van der Waals surface area (Å²) < 4.78 is 3.20. The van der Waals surface area contributed by atoms with Crippen LogP contribution in [0.25, 0.3) is 0 Å². The molecule has 0 saturated heterocycles. The van der Waals surface area contributed by atoms with Gasteiger partial charge in [0.2, 0.25) is 0 Å². The van der Waals surface area contributed by atoms with Crippen LogP contribution in [0.4, 0.5) is 5.82 Å². The summed E-state index contributed by atoms with van der Waals surface area (Å²) >= 11 is 5.69. The Balaban J connectivity index is 2.18. The van der Waals surface area contributed by atoms with Gasteiger partial charge in [0.15, 0.2) is 5.02 Å². The van der Waals surface area contributed by atoms with Crippen LogP contribution in [0.15, 0.2) is 18.6 Å². The van der Waals surface area contributed by atoms with Crippen molar-refractivity contribution in [2.24, 2.45) is 0 Å². The van der Waals surface area contributed by atoms with Crippen molar-refractivity contribution in [2.45, 2.75) is 20.0 Å². The quantitative estimate of drug-likeness (QED) is 0.615. The molecule has 0 spiro atoms.